The number of para-hydroxylation sites is 1. The van der Waals surface area contributed by atoms with Gasteiger partial charge in [0.1, 0.15) is 5.69 Å². The molecule has 0 aliphatic heterocycles. The molecule has 2 heterocycles. The van der Waals surface area contributed by atoms with Gasteiger partial charge in [0, 0.05) is 23.3 Å². The Morgan fingerprint density at radius 3 is 2.60 bits per heavy atom. The van der Waals surface area contributed by atoms with Gasteiger partial charge in [-0.3, -0.25) is 4.79 Å². The van der Waals surface area contributed by atoms with Gasteiger partial charge in [0.25, 0.3) is 5.91 Å². The van der Waals surface area contributed by atoms with Crippen molar-refractivity contribution in [3.05, 3.63) is 71.2 Å². The minimum Gasteiger partial charge on any atom is -0.480 e. The van der Waals surface area contributed by atoms with Gasteiger partial charge in [0.15, 0.2) is 0 Å². The van der Waals surface area contributed by atoms with Crippen LogP contribution in [0.15, 0.2) is 48.7 Å². The monoisotopic (exact) mass is 335 g/mol. The minimum absolute atomic E-state index is 0.181. The van der Waals surface area contributed by atoms with Crippen LogP contribution in [-0.2, 0) is 0 Å². The van der Waals surface area contributed by atoms with Crippen molar-refractivity contribution in [2.75, 3.05) is 12.4 Å². The number of carbonyl (C=O) groups excluding carboxylic acids is 1. The number of aromatic nitrogens is 2. The van der Waals surface area contributed by atoms with E-state index < -0.39 is 0 Å². The molecule has 0 bridgehead atoms. The molecule has 5 nitrogen and oxygen atoms in total. The summed E-state index contributed by atoms with van der Waals surface area (Å²) in [6.07, 6.45) is 1.62. The molecule has 0 aliphatic carbocycles. The average Bonchev–Trinajstić information content (AvgIpc) is 2.90. The lowest BCUT2D eigenvalue weighted by atomic mass is 10.2. The summed E-state index contributed by atoms with van der Waals surface area (Å²) in [7, 11) is 1.53. The van der Waals surface area contributed by atoms with Crippen LogP contribution in [0.3, 0.4) is 0 Å². The van der Waals surface area contributed by atoms with E-state index in [2.05, 4.69) is 33.9 Å². The molecule has 0 atom stereocenters. The molecule has 0 saturated carbocycles. The third-order valence-corrected chi connectivity index (χ3v) is 4.24. The molecular formula is C20H21N3O2. The molecule has 0 unspecified atom stereocenters. The van der Waals surface area contributed by atoms with Crippen molar-refractivity contribution in [1.29, 1.82) is 0 Å². The number of nitrogens with zero attached hydrogens (tertiary/aromatic N) is 2. The maximum atomic E-state index is 12.8. The highest BCUT2D eigenvalue weighted by molar-refractivity contribution is 6.06. The summed E-state index contributed by atoms with van der Waals surface area (Å²) in [6, 6.07) is 13.6. The fourth-order valence-corrected chi connectivity index (χ4v) is 3.02. The van der Waals surface area contributed by atoms with Gasteiger partial charge in [0.05, 0.1) is 12.7 Å². The highest BCUT2D eigenvalue weighted by atomic mass is 16.5. The fourth-order valence-electron chi connectivity index (χ4n) is 3.02. The SMILES string of the molecule is COc1ncccc1NC(=O)c1cc(C)n(-c2ccccc2C)c1C. The number of carbonyl (C=O) groups is 1. The van der Waals surface area contributed by atoms with Crippen LogP contribution >= 0.6 is 0 Å². The van der Waals surface area contributed by atoms with Crippen molar-refractivity contribution in [3.63, 3.8) is 0 Å². The first kappa shape index (κ1) is 16.8. The summed E-state index contributed by atoms with van der Waals surface area (Å²) < 4.78 is 7.30. The Balaban J connectivity index is 1.98. The first-order valence-electron chi connectivity index (χ1n) is 8.08. The van der Waals surface area contributed by atoms with Gasteiger partial charge in [0.2, 0.25) is 5.88 Å². The van der Waals surface area contributed by atoms with Crippen LogP contribution in [-0.4, -0.2) is 22.6 Å². The molecule has 25 heavy (non-hydrogen) atoms. The molecule has 3 rings (SSSR count). The highest BCUT2D eigenvalue weighted by Crippen LogP contribution is 2.25. The molecule has 1 amide bonds. The molecule has 0 radical (unpaired) electrons. The molecule has 2 aromatic heterocycles. The summed E-state index contributed by atoms with van der Waals surface area (Å²) in [5, 5.41) is 2.89. The van der Waals surface area contributed by atoms with E-state index in [1.807, 2.05) is 32.0 Å². The Hall–Kier alpha value is -3.08. The van der Waals surface area contributed by atoms with E-state index in [1.165, 1.54) is 7.11 Å². The molecule has 1 aromatic carbocycles. The van der Waals surface area contributed by atoms with Crippen LogP contribution in [0.2, 0.25) is 0 Å². The second-order valence-electron chi connectivity index (χ2n) is 5.92. The van der Waals surface area contributed by atoms with Crippen molar-refractivity contribution in [3.8, 4) is 11.6 Å². The Labute approximate surface area is 147 Å². The van der Waals surface area contributed by atoms with Crippen LogP contribution < -0.4 is 10.1 Å². The van der Waals surface area contributed by atoms with E-state index in [4.69, 9.17) is 4.74 Å². The van der Waals surface area contributed by atoms with Crippen molar-refractivity contribution >= 4 is 11.6 Å². The zero-order valence-corrected chi connectivity index (χ0v) is 14.8. The van der Waals surface area contributed by atoms with Crippen molar-refractivity contribution in [1.82, 2.24) is 9.55 Å². The van der Waals surface area contributed by atoms with Crippen molar-refractivity contribution < 1.29 is 9.53 Å². The van der Waals surface area contributed by atoms with Gasteiger partial charge in [-0.25, -0.2) is 4.98 Å². The Morgan fingerprint density at radius 1 is 1.12 bits per heavy atom. The van der Waals surface area contributed by atoms with Gasteiger partial charge in [-0.2, -0.15) is 0 Å². The number of anilines is 1. The van der Waals surface area contributed by atoms with E-state index in [1.54, 1.807) is 18.3 Å². The van der Waals surface area contributed by atoms with Gasteiger partial charge in [-0.15, -0.1) is 0 Å². The number of ether oxygens (including phenoxy) is 1. The predicted molar refractivity (Wildman–Crippen MR) is 98.7 cm³/mol. The van der Waals surface area contributed by atoms with E-state index in [0.717, 1.165) is 22.6 Å². The molecule has 0 fully saturated rings. The number of pyridine rings is 1. The highest BCUT2D eigenvalue weighted by Gasteiger charge is 2.18. The van der Waals surface area contributed by atoms with Crippen molar-refractivity contribution in [2.45, 2.75) is 20.8 Å². The first-order chi connectivity index (χ1) is 12.0. The number of nitrogens with one attached hydrogen (secondary N) is 1. The van der Waals surface area contributed by atoms with Crippen LogP contribution in [0.25, 0.3) is 5.69 Å². The second-order valence-corrected chi connectivity index (χ2v) is 5.92. The minimum atomic E-state index is -0.181. The first-order valence-corrected chi connectivity index (χ1v) is 8.08. The zero-order chi connectivity index (χ0) is 18.0. The summed E-state index contributed by atoms with van der Waals surface area (Å²) in [5.74, 6) is 0.211. The molecule has 1 N–H and O–H groups in total. The third-order valence-electron chi connectivity index (χ3n) is 4.24. The Kier molecular flexibility index (Phi) is 4.57. The molecular weight excluding hydrogens is 314 g/mol. The van der Waals surface area contributed by atoms with Gasteiger partial charge >= 0.3 is 0 Å². The summed E-state index contributed by atoms with van der Waals surface area (Å²) in [4.78, 5) is 16.9. The number of rotatable bonds is 4. The Bertz CT molecular complexity index is 928. The van der Waals surface area contributed by atoms with E-state index in [9.17, 15) is 4.79 Å². The number of amides is 1. The fraction of sp³-hybridized carbons (Fsp3) is 0.200. The molecule has 0 spiro atoms. The maximum absolute atomic E-state index is 12.8. The topological polar surface area (TPSA) is 56.1 Å². The zero-order valence-electron chi connectivity index (χ0n) is 14.8. The summed E-state index contributed by atoms with van der Waals surface area (Å²) >= 11 is 0. The van der Waals surface area contributed by atoms with Crippen LogP contribution in [0.4, 0.5) is 5.69 Å². The van der Waals surface area contributed by atoms with E-state index in [0.29, 0.717) is 17.1 Å². The maximum Gasteiger partial charge on any atom is 0.257 e. The number of methoxy groups -OCH3 is 1. The molecule has 0 saturated heterocycles. The summed E-state index contributed by atoms with van der Waals surface area (Å²) in [5.41, 5.74) is 5.32. The lowest BCUT2D eigenvalue weighted by Crippen LogP contribution is -2.14. The average molecular weight is 335 g/mol. The van der Waals surface area contributed by atoms with E-state index >= 15 is 0 Å². The van der Waals surface area contributed by atoms with Crippen LogP contribution in [0.5, 0.6) is 5.88 Å². The van der Waals surface area contributed by atoms with Crippen LogP contribution in [0, 0.1) is 20.8 Å². The normalized spacial score (nSPS) is 10.6. The third kappa shape index (κ3) is 3.13. The molecule has 128 valence electrons. The van der Waals surface area contributed by atoms with Crippen molar-refractivity contribution in [2.24, 2.45) is 0 Å². The van der Waals surface area contributed by atoms with Gasteiger partial charge in [-0.1, -0.05) is 18.2 Å². The second kappa shape index (κ2) is 6.81. The van der Waals surface area contributed by atoms with E-state index in [-0.39, 0.29) is 5.91 Å². The van der Waals surface area contributed by atoms with Gasteiger partial charge < -0.3 is 14.6 Å². The Morgan fingerprint density at radius 2 is 1.88 bits per heavy atom. The standard InChI is InChI=1S/C20H21N3O2/c1-13-8-5-6-10-18(13)23-14(2)12-16(15(23)3)19(24)22-17-9-7-11-21-20(17)25-4/h5-12H,1-4H3,(H,22,24). The number of benzene rings is 1. The molecule has 5 heteroatoms. The lowest BCUT2D eigenvalue weighted by Gasteiger charge is -2.13. The largest absolute Gasteiger partial charge is 0.480 e. The predicted octanol–water partition coefficient (Wildman–Crippen LogP) is 4.06. The molecule has 3 aromatic rings. The number of hydrogen-bond acceptors (Lipinski definition) is 3. The summed E-state index contributed by atoms with van der Waals surface area (Å²) in [6.45, 7) is 6.02. The van der Waals surface area contributed by atoms with Crippen LogP contribution in [0.1, 0.15) is 27.3 Å². The smallest absolute Gasteiger partial charge is 0.257 e. The molecule has 0 aliphatic rings. The van der Waals surface area contributed by atoms with Gasteiger partial charge in [-0.05, 0) is 50.6 Å². The quantitative estimate of drug-likeness (QED) is 0.782. The lowest BCUT2D eigenvalue weighted by molar-refractivity contribution is 0.102. The number of hydrogen-bond donors (Lipinski definition) is 1. The number of aryl methyl sites for hydroxylation is 2.